The first-order valence-corrected chi connectivity index (χ1v) is 5.86. The van der Waals surface area contributed by atoms with Crippen molar-refractivity contribution in [2.45, 2.75) is 18.9 Å². The van der Waals surface area contributed by atoms with E-state index in [1.165, 1.54) is 5.56 Å². The summed E-state index contributed by atoms with van der Waals surface area (Å²) < 4.78 is 1.83. The molecular formula is C13H18N4. The number of nitrogens with zero attached hydrogens (tertiary/aromatic N) is 3. The zero-order valence-corrected chi connectivity index (χ0v) is 10.3. The topological polar surface area (TPSA) is 42.7 Å². The molecule has 0 saturated heterocycles. The van der Waals surface area contributed by atoms with E-state index in [1.54, 1.807) is 6.33 Å². The lowest BCUT2D eigenvalue weighted by Crippen LogP contribution is -2.17. The molecule has 0 aliphatic rings. The zero-order valence-electron chi connectivity index (χ0n) is 10.3. The molecule has 4 nitrogen and oxygen atoms in total. The largest absolute Gasteiger partial charge is 0.313 e. The van der Waals surface area contributed by atoms with Crippen LogP contribution in [0, 0.1) is 0 Å². The highest BCUT2D eigenvalue weighted by Gasteiger charge is 2.10. The molecule has 0 fully saturated rings. The van der Waals surface area contributed by atoms with Crippen LogP contribution < -0.4 is 5.32 Å². The molecule has 0 aliphatic carbocycles. The van der Waals surface area contributed by atoms with E-state index in [2.05, 4.69) is 39.7 Å². The Morgan fingerprint density at radius 2 is 2.06 bits per heavy atom. The summed E-state index contributed by atoms with van der Waals surface area (Å²) in [6.45, 7) is 0. The van der Waals surface area contributed by atoms with Crippen LogP contribution >= 0.6 is 0 Å². The maximum atomic E-state index is 4.24. The summed E-state index contributed by atoms with van der Waals surface area (Å²) in [5.41, 5.74) is 1.32. The van der Waals surface area contributed by atoms with E-state index >= 15 is 0 Å². The van der Waals surface area contributed by atoms with Gasteiger partial charge >= 0.3 is 0 Å². The second-order valence-electron chi connectivity index (χ2n) is 4.09. The van der Waals surface area contributed by atoms with Gasteiger partial charge in [0.15, 0.2) is 0 Å². The molecule has 1 aromatic heterocycles. The highest BCUT2D eigenvalue weighted by molar-refractivity contribution is 5.18. The van der Waals surface area contributed by atoms with Crippen molar-refractivity contribution in [3.63, 3.8) is 0 Å². The van der Waals surface area contributed by atoms with Gasteiger partial charge in [-0.15, -0.1) is 0 Å². The summed E-state index contributed by atoms with van der Waals surface area (Å²) in [7, 11) is 3.92. The molecule has 2 aromatic rings. The van der Waals surface area contributed by atoms with Crippen LogP contribution in [0.3, 0.4) is 0 Å². The number of hydrogen-bond acceptors (Lipinski definition) is 3. The summed E-state index contributed by atoms with van der Waals surface area (Å²) in [6, 6.07) is 10.9. The molecular weight excluding hydrogens is 212 g/mol. The second kappa shape index (κ2) is 5.59. The van der Waals surface area contributed by atoms with Crippen LogP contribution in [0.5, 0.6) is 0 Å². The summed E-state index contributed by atoms with van der Waals surface area (Å²) >= 11 is 0. The molecule has 1 N–H and O–H groups in total. The van der Waals surface area contributed by atoms with Gasteiger partial charge in [-0.2, -0.15) is 5.10 Å². The van der Waals surface area contributed by atoms with Crippen molar-refractivity contribution in [1.82, 2.24) is 20.1 Å². The zero-order chi connectivity index (χ0) is 12.1. The lowest BCUT2D eigenvalue weighted by molar-refractivity contribution is 0.531. The van der Waals surface area contributed by atoms with Gasteiger partial charge in [0.05, 0.1) is 0 Å². The normalized spacial score (nSPS) is 12.6. The van der Waals surface area contributed by atoms with Gasteiger partial charge in [-0.3, -0.25) is 4.68 Å². The lowest BCUT2D eigenvalue weighted by atomic mass is 10.0. The SMILES string of the molecule is CNC(CCc1ncnn1C)c1ccccc1. The fourth-order valence-electron chi connectivity index (χ4n) is 1.98. The molecule has 0 saturated carbocycles. The van der Waals surface area contributed by atoms with E-state index in [-0.39, 0.29) is 0 Å². The number of benzene rings is 1. The molecule has 1 atom stereocenters. The maximum Gasteiger partial charge on any atom is 0.138 e. The predicted molar refractivity (Wildman–Crippen MR) is 67.6 cm³/mol. The quantitative estimate of drug-likeness (QED) is 0.850. The highest BCUT2D eigenvalue weighted by Crippen LogP contribution is 2.17. The van der Waals surface area contributed by atoms with Crippen molar-refractivity contribution in [3.05, 3.63) is 48.0 Å². The summed E-state index contributed by atoms with van der Waals surface area (Å²) in [5, 5.41) is 7.42. The fourth-order valence-corrected chi connectivity index (χ4v) is 1.98. The van der Waals surface area contributed by atoms with Crippen molar-refractivity contribution in [2.75, 3.05) is 7.05 Å². The van der Waals surface area contributed by atoms with Crippen LogP contribution in [-0.4, -0.2) is 21.8 Å². The van der Waals surface area contributed by atoms with E-state index in [4.69, 9.17) is 0 Å². The summed E-state index contributed by atoms with van der Waals surface area (Å²) in [6.07, 6.45) is 3.55. The van der Waals surface area contributed by atoms with Crippen LogP contribution in [0.25, 0.3) is 0 Å². The lowest BCUT2D eigenvalue weighted by Gasteiger charge is -2.16. The van der Waals surface area contributed by atoms with Crippen molar-refractivity contribution >= 4 is 0 Å². The minimum absolute atomic E-state index is 0.368. The summed E-state index contributed by atoms with van der Waals surface area (Å²) in [4.78, 5) is 4.24. The maximum absolute atomic E-state index is 4.24. The van der Waals surface area contributed by atoms with E-state index < -0.39 is 0 Å². The van der Waals surface area contributed by atoms with Crippen molar-refractivity contribution in [1.29, 1.82) is 0 Å². The van der Waals surface area contributed by atoms with Gasteiger partial charge in [0.1, 0.15) is 12.2 Å². The number of hydrogen-bond donors (Lipinski definition) is 1. The first-order valence-electron chi connectivity index (χ1n) is 5.86. The number of rotatable bonds is 5. The highest BCUT2D eigenvalue weighted by atomic mass is 15.3. The van der Waals surface area contributed by atoms with Crippen LogP contribution in [0.4, 0.5) is 0 Å². The Balaban J connectivity index is 1.99. The van der Waals surface area contributed by atoms with Gasteiger partial charge in [0, 0.05) is 19.5 Å². The molecule has 17 heavy (non-hydrogen) atoms. The molecule has 0 aliphatic heterocycles. The number of nitrogens with one attached hydrogen (secondary N) is 1. The van der Waals surface area contributed by atoms with Crippen LogP contribution in [0.15, 0.2) is 36.7 Å². The Kier molecular flexibility index (Phi) is 3.88. The van der Waals surface area contributed by atoms with Gasteiger partial charge < -0.3 is 5.32 Å². The van der Waals surface area contributed by atoms with Gasteiger partial charge in [-0.1, -0.05) is 30.3 Å². The molecule has 1 aromatic carbocycles. The number of aryl methyl sites for hydroxylation is 2. The Morgan fingerprint density at radius 3 is 2.65 bits per heavy atom. The molecule has 4 heteroatoms. The third-order valence-corrected chi connectivity index (χ3v) is 3.01. The average molecular weight is 230 g/mol. The Hall–Kier alpha value is -1.68. The third-order valence-electron chi connectivity index (χ3n) is 3.01. The van der Waals surface area contributed by atoms with E-state index in [1.807, 2.05) is 24.8 Å². The monoisotopic (exact) mass is 230 g/mol. The van der Waals surface area contributed by atoms with Crippen LogP contribution in [-0.2, 0) is 13.5 Å². The molecule has 2 rings (SSSR count). The smallest absolute Gasteiger partial charge is 0.138 e. The van der Waals surface area contributed by atoms with Crippen LogP contribution in [0.2, 0.25) is 0 Å². The molecule has 0 spiro atoms. The average Bonchev–Trinajstić information content (AvgIpc) is 2.77. The first-order chi connectivity index (χ1) is 8.31. The van der Waals surface area contributed by atoms with Crippen molar-refractivity contribution in [3.8, 4) is 0 Å². The first kappa shape index (κ1) is 11.8. The van der Waals surface area contributed by atoms with Gasteiger partial charge in [-0.05, 0) is 19.0 Å². The molecule has 0 radical (unpaired) electrons. The molecule has 1 unspecified atom stereocenters. The predicted octanol–water partition coefficient (Wildman–Crippen LogP) is 1.71. The minimum atomic E-state index is 0.368. The molecule has 0 bridgehead atoms. The number of aromatic nitrogens is 3. The molecule has 90 valence electrons. The molecule has 1 heterocycles. The third kappa shape index (κ3) is 2.91. The van der Waals surface area contributed by atoms with E-state index in [0.29, 0.717) is 6.04 Å². The van der Waals surface area contributed by atoms with Crippen LogP contribution in [0.1, 0.15) is 23.9 Å². The minimum Gasteiger partial charge on any atom is -0.313 e. The molecule has 0 amide bonds. The second-order valence-corrected chi connectivity index (χ2v) is 4.09. The Bertz CT molecular complexity index is 449. The summed E-state index contributed by atoms with van der Waals surface area (Å²) in [5.74, 6) is 1.03. The van der Waals surface area contributed by atoms with Crippen molar-refractivity contribution in [2.24, 2.45) is 7.05 Å². The van der Waals surface area contributed by atoms with Crippen molar-refractivity contribution < 1.29 is 0 Å². The van der Waals surface area contributed by atoms with Gasteiger partial charge in [-0.25, -0.2) is 4.98 Å². The Morgan fingerprint density at radius 1 is 1.29 bits per heavy atom. The fraction of sp³-hybridized carbons (Fsp3) is 0.385. The Labute approximate surface area is 102 Å². The van der Waals surface area contributed by atoms with E-state index in [0.717, 1.165) is 18.7 Å². The van der Waals surface area contributed by atoms with Gasteiger partial charge in [0.2, 0.25) is 0 Å². The van der Waals surface area contributed by atoms with Gasteiger partial charge in [0.25, 0.3) is 0 Å². The standard InChI is InChI=1S/C13H18N4/c1-14-12(11-6-4-3-5-7-11)8-9-13-15-10-16-17(13)2/h3-7,10,12,14H,8-9H2,1-2H3. The van der Waals surface area contributed by atoms with E-state index in [9.17, 15) is 0 Å².